The van der Waals surface area contributed by atoms with Crippen molar-refractivity contribution in [3.8, 4) is 5.75 Å². The summed E-state index contributed by atoms with van der Waals surface area (Å²) in [5.41, 5.74) is 5.93. The number of aliphatic hydroxyl groups is 2. The van der Waals surface area contributed by atoms with E-state index >= 15 is 0 Å². The first-order chi connectivity index (χ1) is 12.0. The molecule has 0 saturated carbocycles. The summed E-state index contributed by atoms with van der Waals surface area (Å²) in [5.74, 6) is 0.448. The molecule has 0 unspecified atom stereocenters. The van der Waals surface area contributed by atoms with Gasteiger partial charge in [-0.3, -0.25) is 0 Å². The minimum Gasteiger partial charge on any atom is -0.508 e. The first-order valence-electron chi connectivity index (χ1n) is 8.61. The third-order valence-electron chi connectivity index (χ3n) is 4.20. The van der Waals surface area contributed by atoms with Crippen LogP contribution in [0.1, 0.15) is 50.0 Å². The summed E-state index contributed by atoms with van der Waals surface area (Å²) in [4.78, 5) is 0. The van der Waals surface area contributed by atoms with E-state index in [-0.39, 0.29) is 11.7 Å². The largest absolute Gasteiger partial charge is 0.508 e. The Labute approximate surface area is 149 Å². The molecule has 0 aromatic heterocycles. The normalized spacial score (nSPS) is 13.2. The number of rotatable bonds is 7. The second-order valence-corrected chi connectivity index (χ2v) is 6.50. The van der Waals surface area contributed by atoms with E-state index in [9.17, 15) is 15.3 Å². The zero-order chi connectivity index (χ0) is 18.2. The minimum absolute atomic E-state index is 0.184. The maximum atomic E-state index is 10.4. The fourth-order valence-corrected chi connectivity index (χ4v) is 2.60. The third-order valence-corrected chi connectivity index (χ3v) is 4.20. The summed E-state index contributed by atoms with van der Waals surface area (Å²) in [5, 5.41) is 29.9. The Morgan fingerprint density at radius 1 is 0.920 bits per heavy atom. The van der Waals surface area contributed by atoms with Gasteiger partial charge in [0, 0.05) is 12.8 Å². The summed E-state index contributed by atoms with van der Waals surface area (Å²) in [7, 11) is 0. The number of aromatic hydroxyl groups is 1. The lowest BCUT2D eigenvalue weighted by atomic mass is 9.94. The van der Waals surface area contributed by atoms with Crippen molar-refractivity contribution in [2.24, 2.45) is 5.92 Å². The van der Waals surface area contributed by atoms with E-state index in [1.165, 1.54) is 0 Å². The third kappa shape index (κ3) is 5.91. The number of benzene rings is 2. The summed E-state index contributed by atoms with van der Waals surface area (Å²) in [6, 6.07) is 16.1. The van der Waals surface area contributed by atoms with E-state index in [1.807, 2.05) is 36.4 Å². The highest BCUT2D eigenvalue weighted by atomic mass is 16.3. The molecular weight excluding hydrogens is 312 g/mol. The molecule has 0 fully saturated rings. The van der Waals surface area contributed by atoms with Crippen molar-refractivity contribution in [1.82, 2.24) is 0 Å². The molecule has 0 bridgehead atoms. The van der Waals surface area contributed by atoms with Gasteiger partial charge >= 0.3 is 0 Å². The van der Waals surface area contributed by atoms with Gasteiger partial charge in [-0.2, -0.15) is 0 Å². The van der Waals surface area contributed by atoms with Gasteiger partial charge in [-0.05, 0) is 40.8 Å². The molecule has 2 aromatic carbocycles. The second-order valence-electron chi connectivity index (χ2n) is 6.50. The average Bonchev–Trinajstić information content (AvgIpc) is 2.61. The molecule has 25 heavy (non-hydrogen) atoms. The van der Waals surface area contributed by atoms with Gasteiger partial charge < -0.3 is 15.3 Å². The van der Waals surface area contributed by atoms with E-state index in [4.69, 9.17) is 0 Å². The molecule has 3 heteroatoms. The molecule has 0 spiro atoms. The van der Waals surface area contributed by atoms with Gasteiger partial charge in [0.15, 0.2) is 0 Å². The molecular formula is C22H26O3. The molecule has 0 radical (unpaired) electrons. The van der Waals surface area contributed by atoms with E-state index in [0.717, 1.165) is 16.7 Å². The fraction of sp³-hybridized carbons (Fsp3) is 0.318. The summed E-state index contributed by atoms with van der Waals surface area (Å²) in [6.45, 7) is 4.15. The molecule has 0 aliphatic heterocycles. The maximum Gasteiger partial charge on any atom is 0.115 e. The Hall–Kier alpha value is -2.32. The highest BCUT2D eigenvalue weighted by Crippen LogP contribution is 2.25. The molecule has 132 valence electrons. The number of phenols is 1. The van der Waals surface area contributed by atoms with Crippen LogP contribution in [0.25, 0.3) is 0 Å². The van der Waals surface area contributed by atoms with E-state index in [0.29, 0.717) is 12.8 Å². The van der Waals surface area contributed by atoms with Gasteiger partial charge in [0.2, 0.25) is 0 Å². The van der Waals surface area contributed by atoms with Crippen LogP contribution in [0.15, 0.2) is 72.0 Å². The van der Waals surface area contributed by atoms with Crippen LogP contribution in [0.5, 0.6) is 5.75 Å². The average molecular weight is 338 g/mol. The van der Waals surface area contributed by atoms with Crippen LogP contribution in [0.3, 0.4) is 0 Å². The molecule has 0 heterocycles. The lowest BCUT2D eigenvalue weighted by Crippen LogP contribution is -2.03. The first kappa shape index (κ1) is 19.0. The highest BCUT2D eigenvalue weighted by molar-refractivity contribution is 5.27. The van der Waals surface area contributed by atoms with E-state index in [2.05, 4.69) is 19.6 Å². The molecule has 0 saturated heterocycles. The van der Waals surface area contributed by atoms with E-state index in [1.54, 1.807) is 24.3 Å². The van der Waals surface area contributed by atoms with Gasteiger partial charge in [0.1, 0.15) is 5.75 Å². The Kier molecular flexibility index (Phi) is 7.03. The van der Waals surface area contributed by atoms with Crippen LogP contribution in [-0.2, 0) is 0 Å². The number of aliphatic hydroxyl groups excluding tert-OH is 2. The van der Waals surface area contributed by atoms with Crippen molar-refractivity contribution in [1.29, 1.82) is 0 Å². The smallest absolute Gasteiger partial charge is 0.115 e. The molecule has 0 aliphatic carbocycles. The topological polar surface area (TPSA) is 60.7 Å². The fourth-order valence-electron chi connectivity index (χ4n) is 2.60. The van der Waals surface area contributed by atoms with Gasteiger partial charge in [-0.25, -0.2) is 0 Å². The van der Waals surface area contributed by atoms with Crippen molar-refractivity contribution < 1.29 is 15.3 Å². The van der Waals surface area contributed by atoms with Gasteiger partial charge in [-0.15, -0.1) is 5.73 Å². The maximum absolute atomic E-state index is 10.4. The van der Waals surface area contributed by atoms with Crippen LogP contribution in [-0.4, -0.2) is 15.3 Å². The highest BCUT2D eigenvalue weighted by Gasteiger charge is 2.12. The predicted octanol–water partition coefficient (Wildman–Crippen LogP) is 4.68. The molecule has 3 nitrogen and oxygen atoms in total. The standard InChI is InChI=1S/C22H26O3/c1-16(2)19(15-22(25)17-7-4-3-5-8-17)9-6-10-21(24)18-11-13-20(23)14-12-18/h3-8,11-14,16,21-25H,10,15H2,1-2H3/t9?,21-,22-/m1/s1. The zero-order valence-corrected chi connectivity index (χ0v) is 14.8. The Morgan fingerprint density at radius 3 is 2.12 bits per heavy atom. The summed E-state index contributed by atoms with van der Waals surface area (Å²) in [6.07, 6.45) is 1.59. The number of phenolic OH excluding ortho intramolecular Hbond substituents is 1. The molecule has 2 atom stereocenters. The van der Waals surface area contributed by atoms with Crippen LogP contribution in [0, 0.1) is 5.92 Å². The Bertz CT molecular complexity index is 711. The molecule has 2 rings (SSSR count). The van der Waals surface area contributed by atoms with Gasteiger partial charge in [0.05, 0.1) is 12.2 Å². The van der Waals surface area contributed by atoms with Crippen LogP contribution >= 0.6 is 0 Å². The lowest BCUT2D eigenvalue weighted by Gasteiger charge is -2.15. The van der Waals surface area contributed by atoms with Crippen molar-refractivity contribution >= 4 is 0 Å². The van der Waals surface area contributed by atoms with Gasteiger partial charge in [0.25, 0.3) is 0 Å². The van der Waals surface area contributed by atoms with Crippen LogP contribution in [0.2, 0.25) is 0 Å². The molecule has 3 N–H and O–H groups in total. The second kappa shape index (κ2) is 9.24. The quantitative estimate of drug-likeness (QED) is 0.643. The van der Waals surface area contributed by atoms with Crippen LogP contribution in [0.4, 0.5) is 0 Å². The predicted molar refractivity (Wildman–Crippen MR) is 100 cm³/mol. The number of hydrogen-bond acceptors (Lipinski definition) is 3. The monoisotopic (exact) mass is 338 g/mol. The molecule has 0 amide bonds. The molecule has 2 aromatic rings. The zero-order valence-electron chi connectivity index (χ0n) is 14.8. The summed E-state index contributed by atoms with van der Waals surface area (Å²) >= 11 is 0. The van der Waals surface area contributed by atoms with Crippen molar-refractivity contribution in [3.63, 3.8) is 0 Å². The van der Waals surface area contributed by atoms with E-state index < -0.39 is 12.2 Å². The SMILES string of the molecule is CC(C)C(=C=CC[C@@H](O)c1ccc(O)cc1)C[C@@H](O)c1ccccc1. The van der Waals surface area contributed by atoms with Crippen molar-refractivity contribution in [2.75, 3.05) is 0 Å². The van der Waals surface area contributed by atoms with Gasteiger partial charge in [-0.1, -0.05) is 56.3 Å². The van der Waals surface area contributed by atoms with Crippen molar-refractivity contribution in [3.05, 3.63) is 83.1 Å². The Balaban J connectivity index is 2.05. The lowest BCUT2D eigenvalue weighted by molar-refractivity contribution is 0.175. The number of hydrogen-bond donors (Lipinski definition) is 3. The molecule has 0 aliphatic rings. The van der Waals surface area contributed by atoms with Crippen molar-refractivity contribution in [2.45, 2.75) is 38.9 Å². The summed E-state index contributed by atoms with van der Waals surface area (Å²) < 4.78 is 0. The Morgan fingerprint density at radius 2 is 1.52 bits per heavy atom. The minimum atomic E-state index is -0.638. The van der Waals surface area contributed by atoms with Crippen LogP contribution < -0.4 is 0 Å². The first-order valence-corrected chi connectivity index (χ1v) is 8.61.